The number of halogens is 1. The fourth-order valence-corrected chi connectivity index (χ4v) is 3.62. The maximum atomic E-state index is 13.8. The molecule has 2 aromatic rings. The number of ether oxygens (including phenoxy) is 1. The van der Waals surface area contributed by atoms with Crippen molar-refractivity contribution >= 4 is 17.6 Å². The Morgan fingerprint density at radius 3 is 2.70 bits per heavy atom. The van der Waals surface area contributed by atoms with Crippen LogP contribution in [-0.4, -0.2) is 30.2 Å². The van der Waals surface area contributed by atoms with E-state index in [0.29, 0.717) is 5.75 Å². The van der Waals surface area contributed by atoms with E-state index in [4.69, 9.17) is 4.74 Å². The third kappa shape index (κ3) is 3.93. The summed E-state index contributed by atoms with van der Waals surface area (Å²) in [6.45, 7) is 2.06. The van der Waals surface area contributed by atoms with Crippen LogP contribution in [0.15, 0.2) is 35.6 Å². The van der Waals surface area contributed by atoms with Crippen LogP contribution in [0, 0.1) is 5.82 Å². The first-order chi connectivity index (χ1) is 11.3. The molecule has 0 saturated carbocycles. The molecule has 6 heteroatoms. The van der Waals surface area contributed by atoms with Crippen molar-refractivity contribution in [3.8, 4) is 5.75 Å². The normalized spacial score (nSPS) is 14.8. The van der Waals surface area contributed by atoms with Crippen LogP contribution in [0.5, 0.6) is 5.75 Å². The number of hydrogen-bond acceptors (Lipinski definition) is 5. The topological polar surface area (TPSA) is 38.3 Å². The highest BCUT2D eigenvalue weighted by Gasteiger charge is 2.17. The molecule has 0 unspecified atom stereocenters. The first-order valence-corrected chi connectivity index (χ1v) is 8.77. The maximum absolute atomic E-state index is 13.8. The van der Waals surface area contributed by atoms with Crippen molar-refractivity contribution in [1.82, 2.24) is 9.97 Å². The lowest BCUT2D eigenvalue weighted by Crippen LogP contribution is -2.30. The first kappa shape index (κ1) is 16.1. The fourth-order valence-electron chi connectivity index (χ4n) is 2.69. The van der Waals surface area contributed by atoms with Crippen LogP contribution < -0.4 is 9.64 Å². The summed E-state index contributed by atoms with van der Waals surface area (Å²) in [7, 11) is 1.47. The van der Waals surface area contributed by atoms with Crippen LogP contribution in [0.4, 0.5) is 10.2 Å². The van der Waals surface area contributed by atoms with Gasteiger partial charge in [0.2, 0.25) is 0 Å². The van der Waals surface area contributed by atoms with Gasteiger partial charge < -0.3 is 9.64 Å². The van der Waals surface area contributed by atoms with Gasteiger partial charge in [0, 0.05) is 31.2 Å². The maximum Gasteiger partial charge on any atom is 0.165 e. The van der Waals surface area contributed by atoms with Gasteiger partial charge >= 0.3 is 0 Å². The second-order valence-electron chi connectivity index (χ2n) is 5.49. The van der Waals surface area contributed by atoms with Crippen LogP contribution in [0.25, 0.3) is 0 Å². The minimum Gasteiger partial charge on any atom is -0.494 e. The number of benzene rings is 1. The number of hydrogen-bond donors (Lipinski definition) is 0. The summed E-state index contributed by atoms with van der Waals surface area (Å²) in [4.78, 5) is 11.3. The Labute approximate surface area is 140 Å². The van der Waals surface area contributed by atoms with E-state index in [2.05, 4.69) is 14.9 Å². The highest BCUT2D eigenvalue weighted by molar-refractivity contribution is 7.98. The van der Waals surface area contributed by atoms with Gasteiger partial charge in [-0.3, -0.25) is 0 Å². The molecule has 0 atom stereocenters. The van der Waals surface area contributed by atoms with E-state index in [0.717, 1.165) is 29.5 Å². The Bertz CT molecular complexity index is 662. The lowest BCUT2D eigenvalue weighted by molar-refractivity contribution is 0.386. The Morgan fingerprint density at radius 2 is 1.96 bits per heavy atom. The number of rotatable bonds is 5. The predicted octanol–water partition coefficient (Wildman–Crippen LogP) is 3.91. The summed E-state index contributed by atoms with van der Waals surface area (Å²) in [6, 6.07) is 5.06. The molecule has 0 radical (unpaired) electrons. The molecule has 1 aliphatic rings. The molecule has 122 valence electrons. The minimum absolute atomic E-state index is 0.271. The number of nitrogens with zero attached hydrogens (tertiary/aromatic N) is 3. The van der Waals surface area contributed by atoms with Crippen molar-refractivity contribution < 1.29 is 9.13 Å². The number of anilines is 1. The smallest absolute Gasteiger partial charge is 0.165 e. The number of thioether (sulfide) groups is 1. The third-order valence-electron chi connectivity index (χ3n) is 3.89. The van der Waals surface area contributed by atoms with Crippen molar-refractivity contribution in [3.63, 3.8) is 0 Å². The monoisotopic (exact) mass is 333 g/mol. The fraction of sp³-hybridized carbons (Fsp3) is 0.412. The van der Waals surface area contributed by atoms with E-state index < -0.39 is 0 Å². The van der Waals surface area contributed by atoms with E-state index in [-0.39, 0.29) is 11.6 Å². The van der Waals surface area contributed by atoms with E-state index in [1.165, 1.54) is 32.4 Å². The molecule has 0 amide bonds. The van der Waals surface area contributed by atoms with Gasteiger partial charge in [-0.15, -0.1) is 0 Å². The predicted molar refractivity (Wildman–Crippen MR) is 90.6 cm³/mol. The van der Waals surface area contributed by atoms with Crippen LogP contribution in [0.1, 0.15) is 24.8 Å². The van der Waals surface area contributed by atoms with Crippen LogP contribution in [0.3, 0.4) is 0 Å². The van der Waals surface area contributed by atoms with Crippen LogP contribution in [-0.2, 0) is 5.75 Å². The lowest BCUT2D eigenvalue weighted by Gasteiger charge is -2.28. The number of aromatic nitrogens is 2. The highest BCUT2D eigenvalue weighted by Crippen LogP contribution is 2.31. The average Bonchev–Trinajstić information content (AvgIpc) is 2.61. The zero-order chi connectivity index (χ0) is 16.1. The summed E-state index contributed by atoms with van der Waals surface area (Å²) in [5, 5.41) is 0.908. The van der Waals surface area contributed by atoms with Gasteiger partial charge in [-0.2, -0.15) is 0 Å². The summed E-state index contributed by atoms with van der Waals surface area (Å²) in [6.07, 6.45) is 7.13. The zero-order valence-electron chi connectivity index (χ0n) is 13.2. The van der Waals surface area contributed by atoms with E-state index in [1.807, 2.05) is 6.07 Å². The van der Waals surface area contributed by atoms with Gasteiger partial charge in [0.15, 0.2) is 17.4 Å². The molecule has 4 nitrogen and oxygen atoms in total. The molecule has 1 fully saturated rings. The van der Waals surface area contributed by atoms with Crippen LogP contribution in [0.2, 0.25) is 0 Å². The molecule has 1 saturated heterocycles. The number of piperidine rings is 1. The Kier molecular flexibility index (Phi) is 5.33. The standard InChI is InChI=1S/C17H20FN3OS/c1-22-15-6-5-13(11-14(15)18)12-23-17-16(19-7-8-20-17)21-9-3-2-4-10-21/h5-8,11H,2-4,9-10,12H2,1H3. The van der Waals surface area contributed by atoms with Crippen molar-refractivity contribution in [2.24, 2.45) is 0 Å². The van der Waals surface area contributed by atoms with E-state index in [9.17, 15) is 4.39 Å². The number of methoxy groups -OCH3 is 1. The molecule has 0 aliphatic carbocycles. The van der Waals surface area contributed by atoms with Gasteiger partial charge in [-0.25, -0.2) is 14.4 Å². The largest absolute Gasteiger partial charge is 0.494 e. The summed E-state index contributed by atoms with van der Waals surface area (Å²) >= 11 is 1.59. The molecule has 3 rings (SSSR count). The minimum atomic E-state index is -0.332. The molecule has 0 bridgehead atoms. The second-order valence-corrected chi connectivity index (χ2v) is 6.45. The van der Waals surface area contributed by atoms with Crippen molar-refractivity contribution in [2.45, 2.75) is 30.0 Å². The second kappa shape index (κ2) is 7.64. The molecular weight excluding hydrogens is 313 g/mol. The van der Waals surface area contributed by atoms with Crippen LogP contribution >= 0.6 is 11.8 Å². The molecule has 2 heterocycles. The van der Waals surface area contributed by atoms with Crippen molar-refractivity contribution in [2.75, 3.05) is 25.1 Å². The molecule has 0 spiro atoms. The molecule has 1 aromatic heterocycles. The average molecular weight is 333 g/mol. The third-order valence-corrected chi connectivity index (χ3v) is 4.93. The van der Waals surface area contributed by atoms with E-state index in [1.54, 1.807) is 30.2 Å². The Balaban J connectivity index is 1.71. The Hall–Kier alpha value is -1.82. The van der Waals surface area contributed by atoms with Gasteiger partial charge in [0.25, 0.3) is 0 Å². The lowest BCUT2D eigenvalue weighted by atomic mass is 10.1. The summed E-state index contributed by atoms with van der Waals surface area (Å²) in [5.74, 6) is 1.54. The SMILES string of the molecule is COc1ccc(CSc2nccnc2N2CCCCC2)cc1F. The first-order valence-electron chi connectivity index (χ1n) is 7.79. The molecule has 1 aliphatic heterocycles. The highest BCUT2D eigenvalue weighted by atomic mass is 32.2. The van der Waals surface area contributed by atoms with Gasteiger partial charge in [0.05, 0.1) is 7.11 Å². The molecular formula is C17H20FN3OS. The van der Waals surface area contributed by atoms with Crippen molar-refractivity contribution in [3.05, 3.63) is 42.0 Å². The summed E-state index contributed by atoms with van der Waals surface area (Å²) < 4.78 is 18.7. The molecule has 23 heavy (non-hydrogen) atoms. The van der Waals surface area contributed by atoms with Crippen molar-refractivity contribution in [1.29, 1.82) is 0 Å². The zero-order valence-corrected chi connectivity index (χ0v) is 14.0. The summed E-state index contributed by atoms with van der Waals surface area (Å²) in [5.41, 5.74) is 0.906. The van der Waals surface area contributed by atoms with Gasteiger partial charge in [-0.05, 0) is 37.0 Å². The van der Waals surface area contributed by atoms with Gasteiger partial charge in [-0.1, -0.05) is 17.8 Å². The Morgan fingerprint density at radius 1 is 1.17 bits per heavy atom. The molecule has 1 aromatic carbocycles. The molecule has 0 N–H and O–H groups in total. The quantitative estimate of drug-likeness (QED) is 0.776. The van der Waals surface area contributed by atoms with Gasteiger partial charge in [0.1, 0.15) is 5.03 Å². The van der Waals surface area contributed by atoms with E-state index >= 15 is 0 Å².